The van der Waals surface area contributed by atoms with E-state index in [2.05, 4.69) is 10.2 Å². The predicted molar refractivity (Wildman–Crippen MR) is 103 cm³/mol. The van der Waals surface area contributed by atoms with Crippen LogP contribution >= 0.6 is 0 Å². The Morgan fingerprint density at radius 3 is 2.37 bits per heavy atom. The van der Waals surface area contributed by atoms with E-state index < -0.39 is 11.7 Å². The molecule has 2 saturated heterocycles. The topological polar surface area (TPSA) is 52.7 Å². The van der Waals surface area contributed by atoms with Gasteiger partial charge in [-0.25, -0.2) is 4.39 Å². The van der Waals surface area contributed by atoms with Gasteiger partial charge in [0.25, 0.3) is 0 Å². The molecular formula is C21H22FN3O2. The number of amides is 2. The number of rotatable bonds is 4. The second kappa shape index (κ2) is 7.39. The molecule has 1 atom stereocenters. The van der Waals surface area contributed by atoms with E-state index in [0.717, 1.165) is 24.5 Å². The smallest absolute Gasteiger partial charge is 0.229 e. The molecule has 0 radical (unpaired) electrons. The second-order valence-electron chi connectivity index (χ2n) is 7.09. The van der Waals surface area contributed by atoms with Crippen LogP contribution in [0.15, 0.2) is 48.5 Å². The van der Waals surface area contributed by atoms with Crippen molar-refractivity contribution < 1.29 is 14.0 Å². The summed E-state index contributed by atoms with van der Waals surface area (Å²) in [5, 5.41) is 2.59. The Labute approximate surface area is 157 Å². The summed E-state index contributed by atoms with van der Waals surface area (Å²) in [4.78, 5) is 28.8. The van der Waals surface area contributed by atoms with Gasteiger partial charge in [0.1, 0.15) is 5.82 Å². The predicted octanol–water partition coefficient (Wildman–Crippen LogP) is 3.42. The maximum absolute atomic E-state index is 13.7. The number of anilines is 3. The zero-order chi connectivity index (χ0) is 18.8. The van der Waals surface area contributed by atoms with E-state index in [-0.39, 0.29) is 23.9 Å². The number of para-hydroxylation sites is 1. The largest absolute Gasteiger partial charge is 0.372 e. The maximum Gasteiger partial charge on any atom is 0.229 e. The van der Waals surface area contributed by atoms with Crippen LogP contribution in [-0.2, 0) is 9.59 Å². The van der Waals surface area contributed by atoms with Gasteiger partial charge in [-0.2, -0.15) is 0 Å². The van der Waals surface area contributed by atoms with Gasteiger partial charge >= 0.3 is 0 Å². The molecule has 0 bridgehead atoms. The van der Waals surface area contributed by atoms with Crippen LogP contribution in [0.2, 0.25) is 0 Å². The molecule has 6 heteroatoms. The fraction of sp³-hybridized carbons (Fsp3) is 0.333. The number of carbonyl (C=O) groups excluding carboxylic acids is 2. The summed E-state index contributed by atoms with van der Waals surface area (Å²) < 4.78 is 13.7. The Morgan fingerprint density at radius 2 is 1.67 bits per heavy atom. The molecule has 2 aromatic rings. The highest BCUT2D eigenvalue weighted by atomic mass is 19.1. The molecule has 2 aliphatic rings. The minimum Gasteiger partial charge on any atom is -0.372 e. The van der Waals surface area contributed by atoms with E-state index in [9.17, 15) is 14.0 Å². The highest BCUT2D eigenvalue weighted by molar-refractivity contribution is 6.03. The SMILES string of the molecule is O=C(Nc1ccccc1F)C1CC(=O)N(c2ccc(N3CCCC3)cc2)C1. The van der Waals surface area contributed by atoms with Gasteiger partial charge in [-0.15, -0.1) is 0 Å². The van der Waals surface area contributed by atoms with Gasteiger partial charge in [0, 0.05) is 37.4 Å². The quantitative estimate of drug-likeness (QED) is 0.901. The van der Waals surface area contributed by atoms with Crippen LogP contribution in [0.1, 0.15) is 19.3 Å². The first-order valence-electron chi connectivity index (χ1n) is 9.32. The summed E-state index contributed by atoms with van der Waals surface area (Å²) in [6.45, 7) is 2.45. The zero-order valence-electron chi connectivity index (χ0n) is 15.0. The normalized spacial score (nSPS) is 19.6. The highest BCUT2D eigenvalue weighted by Crippen LogP contribution is 2.29. The molecule has 2 aromatic carbocycles. The van der Waals surface area contributed by atoms with Crippen molar-refractivity contribution in [2.45, 2.75) is 19.3 Å². The Bertz CT molecular complexity index is 847. The zero-order valence-corrected chi connectivity index (χ0v) is 15.0. The van der Waals surface area contributed by atoms with Gasteiger partial charge in [0.15, 0.2) is 0 Å². The van der Waals surface area contributed by atoms with Gasteiger partial charge in [-0.1, -0.05) is 12.1 Å². The summed E-state index contributed by atoms with van der Waals surface area (Å²) in [6.07, 6.45) is 2.56. The molecule has 2 fully saturated rings. The minimum absolute atomic E-state index is 0.0855. The lowest BCUT2D eigenvalue weighted by Gasteiger charge is -2.20. The van der Waals surface area contributed by atoms with Crippen LogP contribution in [0.25, 0.3) is 0 Å². The average molecular weight is 367 g/mol. The molecule has 5 nitrogen and oxygen atoms in total. The molecule has 2 amide bonds. The van der Waals surface area contributed by atoms with Crippen molar-refractivity contribution in [2.75, 3.05) is 34.8 Å². The number of halogens is 1. The van der Waals surface area contributed by atoms with Crippen molar-refractivity contribution in [2.24, 2.45) is 5.92 Å². The van der Waals surface area contributed by atoms with Crippen molar-refractivity contribution in [3.05, 3.63) is 54.3 Å². The van der Waals surface area contributed by atoms with Crippen LogP contribution in [0.3, 0.4) is 0 Å². The van der Waals surface area contributed by atoms with Gasteiger partial charge in [0.05, 0.1) is 11.6 Å². The lowest BCUT2D eigenvalue weighted by atomic mass is 10.1. The van der Waals surface area contributed by atoms with E-state index in [1.807, 2.05) is 24.3 Å². The van der Waals surface area contributed by atoms with Crippen molar-refractivity contribution in [3.63, 3.8) is 0 Å². The molecule has 0 spiro atoms. The molecule has 0 aromatic heterocycles. The van der Waals surface area contributed by atoms with Crippen LogP contribution in [0.5, 0.6) is 0 Å². The number of nitrogens with one attached hydrogen (secondary N) is 1. The third kappa shape index (κ3) is 3.65. The van der Waals surface area contributed by atoms with Crippen LogP contribution in [0.4, 0.5) is 21.5 Å². The van der Waals surface area contributed by atoms with Crippen molar-refractivity contribution in [1.82, 2.24) is 0 Å². The molecule has 27 heavy (non-hydrogen) atoms. The third-order valence-corrected chi connectivity index (χ3v) is 5.26. The van der Waals surface area contributed by atoms with Crippen LogP contribution in [-0.4, -0.2) is 31.4 Å². The van der Waals surface area contributed by atoms with Crippen molar-refractivity contribution in [1.29, 1.82) is 0 Å². The number of hydrogen-bond donors (Lipinski definition) is 1. The van der Waals surface area contributed by atoms with Gasteiger partial charge in [0.2, 0.25) is 11.8 Å². The minimum atomic E-state index is -0.490. The summed E-state index contributed by atoms with van der Waals surface area (Å²) in [5.41, 5.74) is 2.10. The van der Waals surface area contributed by atoms with Crippen LogP contribution < -0.4 is 15.1 Å². The maximum atomic E-state index is 13.7. The summed E-state index contributed by atoms with van der Waals surface area (Å²) >= 11 is 0. The van der Waals surface area contributed by atoms with Gasteiger partial charge < -0.3 is 15.1 Å². The standard InChI is InChI=1S/C21H22FN3O2/c22-18-5-1-2-6-19(18)23-21(27)15-13-20(26)25(14-15)17-9-7-16(8-10-17)24-11-3-4-12-24/h1-2,5-10,15H,3-4,11-14H2,(H,23,27). The fourth-order valence-corrected chi connectivity index (χ4v) is 3.75. The van der Waals surface area contributed by atoms with E-state index in [1.54, 1.807) is 17.0 Å². The number of benzene rings is 2. The molecule has 1 N–H and O–H groups in total. The second-order valence-corrected chi connectivity index (χ2v) is 7.09. The average Bonchev–Trinajstić information content (AvgIpc) is 3.34. The monoisotopic (exact) mass is 367 g/mol. The molecule has 2 heterocycles. The van der Waals surface area contributed by atoms with Crippen LogP contribution in [0, 0.1) is 11.7 Å². The van der Waals surface area contributed by atoms with E-state index in [4.69, 9.17) is 0 Å². The molecule has 0 saturated carbocycles. The van der Waals surface area contributed by atoms with Gasteiger partial charge in [-0.05, 0) is 49.2 Å². The Balaban J connectivity index is 1.42. The highest BCUT2D eigenvalue weighted by Gasteiger charge is 2.35. The molecule has 2 aliphatic heterocycles. The summed E-state index contributed by atoms with van der Waals surface area (Å²) in [6, 6.07) is 14.0. The van der Waals surface area contributed by atoms with E-state index in [0.29, 0.717) is 6.54 Å². The summed E-state index contributed by atoms with van der Waals surface area (Å²) in [7, 11) is 0. The Kier molecular flexibility index (Phi) is 4.79. The molecule has 4 rings (SSSR count). The van der Waals surface area contributed by atoms with Crippen molar-refractivity contribution in [3.8, 4) is 0 Å². The fourth-order valence-electron chi connectivity index (χ4n) is 3.75. The molecule has 1 unspecified atom stereocenters. The number of hydrogen-bond acceptors (Lipinski definition) is 3. The first-order chi connectivity index (χ1) is 13.1. The van der Waals surface area contributed by atoms with E-state index in [1.165, 1.54) is 25.0 Å². The number of nitrogens with zero attached hydrogens (tertiary/aromatic N) is 2. The molecule has 0 aliphatic carbocycles. The number of carbonyl (C=O) groups is 2. The van der Waals surface area contributed by atoms with Gasteiger partial charge in [-0.3, -0.25) is 9.59 Å². The molecular weight excluding hydrogens is 345 g/mol. The third-order valence-electron chi connectivity index (χ3n) is 5.26. The van der Waals surface area contributed by atoms with E-state index >= 15 is 0 Å². The first kappa shape index (κ1) is 17.5. The Hall–Kier alpha value is -2.89. The molecule has 140 valence electrons. The lowest BCUT2D eigenvalue weighted by molar-refractivity contribution is -0.122. The lowest BCUT2D eigenvalue weighted by Crippen LogP contribution is -2.28. The summed E-state index contributed by atoms with van der Waals surface area (Å²) in [5.74, 6) is -1.39. The Morgan fingerprint density at radius 1 is 1.00 bits per heavy atom. The first-order valence-corrected chi connectivity index (χ1v) is 9.32. The van der Waals surface area contributed by atoms with Crippen molar-refractivity contribution >= 4 is 28.9 Å².